The number of nitrogens with zero attached hydrogens (tertiary/aromatic N) is 1. The van der Waals surface area contributed by atoms with Crippen molar-refractivity contribution in [2.45, 2.75) is 13.5 Å². The Hall–Kier alpha value is -3.39. The highest BCUT2D eigenvalue weighted by molar-refractivity contribution is 6.53. The van der Waals surface area contributed by atoms with E-state index in [4.69, 9.17) is 34.8 Å². The number of halogens is 4. The van der Waals surface area contributed by atoms with E-state index in [0.29, 0.717) is 21.8 Å². The molecular formula is C25H17Cl3FN3O3. The molecule has 1 aliphatic rings. The number of hydrogen-bond acceptors (Lipinski definition) is 4. The van der Waals surface area contributed by atoms with E-state index in [1.165, 1.54) is 6.07 Å². The molecule has 10 heteroatoms. The van der Waals surface area contributed by atoms with Crippen molar-refractivity contribution in [3.8, 4) is 0 Å². The maximum Gasteiger partial charge on any atom is 0.283 e. The van der Waals surface area contributed by atoms with Crippen LogP contribution in [0, 0.1) is 12.7 Å². The number of carbonyl (C=O) groups excluding carboxylic acids is 3. The molecule has 178 valence electrons. The molecular weight excluding hydrogens is 516 g/mol. The summed E-state index contributed by atoms with van der Waals surface area (Å²) in [5.74, 6) is -2.57. The SMILES string of the molecule is Cc1ccc(C(=O)NCc2ccccc2Cl)cc1NC1=C(Cl)C(=O)N(c2ccc(F)c(Cl)c2)C1=O. The van der Waals surface area contributed by atoms with Crippen LogP contribution in [0.15, 0.2) is 71.4 Å². The van der Waals surface area contributed by atoms with Crippen molar-refractivity contribution in [2.24, 2.45) is 0 Å². The van der Waals surface area contributed by atoms with Crippen molar-refractivity contribution in [2.75, 3.05) is 10.2 Å². The van der Waals surface area contributed by atoms with Gasteiger partial charge in [0.1, 0.15) is 16.5 Å². The largest absolute Gasteiger partial charge is 0.349 e. The molecule has 0 spiro atoms. The van der Waals surface area contributed by atoms with Crippen molar-refractivity contribution in [1.29, 1.82) is 0 Å². The normalized spacial score (nSPS) is 13.5. The Morgan fingerprint density at radius 2 is 1.69 bits per heavy atom. The van der Waals surface area contributed by atoms with Crippen LogP contribution in [0.4, 0.5) is 15.8 Å². The van der Waals surface area contributed by atoms with E-state index in [1.807, 2.05) is 12.1 Å². The van der Waals surface area contributed by atoms with Gasteiger partial charge in [0.25, 0.3) is 17.7 Å². The van der Waals surface area contributed by atoms with Crippen LogP contribution in [0.3, 0.4) is 0 Å². The minimum absolute atomic E-state index is 0.0748. The molecule has 3 aromatic rings. The van der Waals surface area contributed by atoms with Crippen LogP contribution in [0.25, 0.3) is 0 Å². The quantitative estimate of drug-likeness (QED) is 0.393. The number of nitrogens with one attached hydrogen (secondary N) is 2. The molecule has 0 atom stereocenters. The Morgan fingerprint density at radius 1 is 0.943 bits per heavy atom. The van der Waals surface area contributed by atoms with Crippen molar-refractivity contribution in [3.05, 3.63) is 104 Å². The molecule has 0 unspecified atom stereocenters. The van der Waals surface area contributed by atoms with Gasteiger partial charge in [-0.25, -0.2) is 9.29 Å². The number of carbonyl (C=O) groups is 3. The minimum atomic E-state index is -0.784. The van der Waals surface area contributed by atoms with E-state index >= 15 is 0 Å². The van der Waals surface area contributed by atoms with Gasteiger partial charge in [0, 0.05) is 22.8 Å². The van der Waals surface area contributed by atoms with Crippen LogP contribution < -0.4 is 15.5 Å². The van der Waals surface area contributed by atoms with E-state index < -0.39 is 17.6 Å². The molecule has 35 heavy (non-hydrogen) atoms. The fraction of sp³-hybridized carbons (Fsp3) is 0.0800. The van der Waals surface area contributed by atoms with Crippen LogP contribution in [0.5, 0.6) is 0 Å². The van der Waals surface area contributed by atoms with Gasteiger partial charge < -0.3 is 10.6 Å². The lowest BCUT2D eigenvalue weighted by molar-refractivity contribution is -0.120. The first-order valence-corrected chi connectivity index (χ1v) is 11.4. The first kappa shape index (κ1) is 24.7. The van der Waals surface area contributed by atoms with E-state index in [2.05, 4.69) is 10.6 Å². The lowest BCUT2D eigenvalue weighted by Crippen LogP contribution is -2.32. The number of benzene rings is 3. The minimum Gasteiger partial charge on any atom is -0.349 e. The van der Waals surface area contributed by atoms with Crippen LogP contribution in [0.1, 0.15) is 21.5 Å². The molecule has 1 heterocycles. The van der Waals surface area contributed by atoms with Gasteiger partial charge in [-0.05, 0) is 54.4 Å². The summed E-state index contributed by atoms with van der Waals surface area (Å²) in [7, 11) is 0. The molecule has 0 saturated heterocycles. The van der Waals surface area contributed by atoms with Crippen LogP contribution in [-0.2, 0) is 16.1 Å². The molecule has 0 fully saturated rings. The second kappa shape index (κ2) is 10.1. The van der Waals surface area contributed by atoms with E-state index in [-0.39, 0.29) is 33.9 Å². The van der Waals surface area contributed by atoms with Crippen molar-refractivity contribution in [1.82, 2.24) is 5.32 Å². The predicted octanol–water partition coefficient (Wildman–Crippen LogP) is 5.81. The molecule has 3 aromatic carbocycles. The molecule has 1 aliphatic heterocycles. The summed E-state index contributed by atoms with van der Waals surface area (Å²) in [4.78, 5) is 39.2. The highest BCUT2D eigenvalue weighted by Gasteiger charge is 2.39. The summed E-state index contributed by atoms with van der Waals surface area (Å²) in [6.45, 7) is 2.00. The van der Waals surface area contributed by atoms with Gasteiger partial charge >= 0.3 is 0 Å². The van der Waals surface area contributed by atoms with Gasteiger partial charge in [-0.3, -0.25) is 14.4 Å². The maximum atomic E-state index is 13.5. The van der Waals surface area contributed by atoms with Crippen LogP contribution in [0.2, 0.25) is 10.0 Å². The third-order valence-electron chi connectivity index (χ3n) is 5.35. The first-order chi connectivity index (χ1) is 16.7. The highest BCUT2D eigenvalue weighted by Crippen LogP contribution is 2.32. The molecule has 3 amide bonds. The van der Waals surface area contributed by atoms with Crippen molar-refractivity contribution >= 4 is 63.9 Å². The first-order valence-electron chi connectivity index (χ1n) is 10.3. The fourth-order valence-electron chi connectivity index (χ4n) is 3.42. The Bertz CT molecular complexity index is 1410. The summed E-state index contributed by atoms with van der Waals surface area (Å²) in [6, 6.07) is 15.5. The molecule has 0 radical (unpaired) electrons. The smallest absolute Gasteiger partial charge is 0.283 e. The Balaban J connectivity index is 1.54. The van der Waals surface area contributed by atoms with Crippen molar-refractivity contribution in [3.63, 3.8) is 0 Å². The maximum absolute atomic E-state index is 13.5. The number of rotatable bonds is 6. The fourth-order valence-corrected chi connectivity index (χ4v) is 4.01. The molecule has 6 nitrogen and oxygen atoms in total. The summed E-state index contributed by atoms with van der Waals surface area (Å²) < 4.78 is 13.5. The number of hydrogen-bond donors (Lipinski definition) is 2. The van der Waals surface area contributed by atoms with Gasteiger partial charge in [0.15, 0.2) is 0 Å². The Labute approximate surface area is 215 Å². The summed E-state index contributed by atoms with van der Waals surface area (Å²) >= 11 is 18.1. The van der Waals surface area contributed by atoms with Gasteiger partial charge in [0.05, 0.1) is 10.7 Å². The second-order valence-corrected chi connectivity index (χ2v) is 8.85. The van der Waals surface area contributed by atoms with Crippen LogP contribution in [-0.4, -0.2) is 17.7 Å². The zero-order valence-corrected chi connectivity index (χ0v) is 20.4. The number of anilines is 2. The molecule has 0 saturated carbocycles. The van der Waals surface area contributed by atoms with Gasteiger partial charge in [-0.15, -0.1) is 0 Å². The third-order valence-corrected chi connectivity index (χ3v) is 6.35. The number of imide groups is 1. The number of aryl methyl sites for hydroxylation is 1. The zero-order valence-electron chi connectivity index (χ0n) is 18.2. The lowest BCUT2D eigenvalue weighted by Gasteiger charge is -2.16. The molecule has 0 bridgehead atoms. The topological polar surface area (TPSA) is 78.5 Å². The standard InChI is InChI=1S/C25H17Cl3FN3O3/c1-13-6-7-14(23(33)30-12-15-4-2-3-5-17(15)26)10-20(13)31-22-21(28)24(34)32(25(22)35)16-8-9-19(29)18(27)11-16/h2-11,31H,12H2,1H3,(H,30,33). The van der Waals surface area contributed by atoms with E-state index in [9.17, 15) is 18.8 Å². The Morgan fingerprint density at radius 3 is 2.40 bits per heavy atom. The highest BCUT2D eigenvalue weighted by atomic mass is 35.5. The molecule has 2 N–H and O–H groups in total. The molecule has 0 aliphatic carbocycles. The number of amides is 3. The monoisotopic (exact) mass is 531 g/mol. The van der Waals surface area contributed by atoms with Crippen molar-refractivity contribution < 1.29 is 18.8 Å². The molecule has 0 aromatic heterocycles. The van der Waals surface area contributed by atoms with Crippen LogP contribution >= 0.6 is 34.8 Å². The van der Waals surface area contributed by atoms with Gasteiger partial charge in [0.2, 0.25) is 0 Å². The van der Waals surface area contributed by atoms with E-state index in [1.54, 1.807) is 37.3 Å². The predicted molar refractivity (Wildman–Crippen MR) is 134 cm³/mol. The zero-order chi connectivity index (χ0) is 25.3. The lowest BCUT2D eigenvalue weighted by atomic mass is 10.1. The average Bonchev–Trinajstić information content (AvgIpc) is 3.04. The second-order valence-electron chi connectivity index (χ2n) is 7.66. The summed E-state index contributed by atoms with van der Waals surface area (Å²) in [5.41, 5.74) is 2.10. The molecule has 4 rings (SSSR count). The van der Waals surface area contributed by atoms with Gasteiger partial charge in [-0.1, -0.05) is 59.1 Å². The third kappa shape index (κ3) is 5.03. The summed E-state index contributed by atoms with van der Waals surface area (Å²) in [6.07, 6.45) is 0. The Kier molecular flexibility index (Phi) is 7.12. The van der Waals surface area contributed by atoms with Gasteiger partial charge in [-0.2, -0.15) is 0 Å². The van der Waals surface area contributed by atoms with E-state index in [0.717, 1.165) is 22.6 Å². The summed E-state index contributed by atoms with van der Waals surface area (Å²) in [5, 5.41) is 5.62. The average molecular weight is 533 g/mol.